The summed E-state index contributed by atoms with van der Waals surface area (Å²) in [6.45, 7) is 1.82. The standard InChI is InChI=1S/C15H15ClFIN2O2/c1-8-6-10(15(21)22-3)14(20(2)13(8)16)19-12-5-4-9(18)7-11(12)17/h4-7,13,19H,1-3H3. The van der Waals surface area contributed by atoms with Gasteiger partial charge >= 0.3 is 5.97 Å². The number of esters is 1. The number of likely N-dealkylation sites (N-methyl/N-ethyl adjacent to an activating group) is 1. The third-order valence-electron chi connectivity index (χ3n) is 3.29. The maximum Gasteiger partial charge on any atom is 0.341 e. The average molecular weight is 437 g/mol. The second kappa shape index (κ2) is 6.87. The summed E-state index contributed by atoms with van der Waals surface area (Å²) in [5.74, 6) is -0.518. The number of nitrogens with one attached hydrogen (secondary N) is 1. The van der Waals surface area contributed by atoms with Crippen molar-refractivity contribution in [1.82, 2.24) is 4.90 Å². The van der Waals surface area contributed by atoms with Crippen LogP contribution in [0.2, 0.25) is 0 Å². The summed E-state index contributed by atoms with van der Waals surface area (Å²) in [6, 6.07) is 4.79. The minimum absolute atomic E-state index is 0.264. The highest BCUT2D eigenvalue weighted by atomic mass is 127. The van der Waals surface area contributed by atoms with Crippen LogP contribution in [-0.4, -0.2) is 30.5 Å². The summed E-state index contributed by atoms with van der Waals surface area (Å²) >= 11 is 8.32. The van der Waals surface area contributed by atoms with Crippen molar-refractivity contribution in [2.75, 3.05) is 19.5 Å². The van der Waals surface area contributed by atoms with Crippen LogP contribution in [0.4, 0.5) is 10.1 Å². The summed E-state index contributed by atoms with van der Waals surface area (Å²) in [7, 11) is 3.03. The number of rotatable bonds is 3. The summed E-state index contributed by atoms with van der Waals surface area (Å²) in [5.41, 5.74) is 0.943. The molecule has 1 N–H and O–H groups in total. The van der Waals surface area contributed by atoms with E-state index in [9.17, 15) is 9.18 Å². The number of carbonyl (C=O) groups is 1. The van der Waals surface area contributed by atoms with Gasteiger partial charge < -0.3 is 15.0 Å². The molecule has 118 valence electrons. The minimum Gasteiger partial charge on any atom is -0.465 e. The number of ether oxygens (including phenoxy) is 1. The summed E-state index contributed by atoms with van der Waals surface area (Å²) < 4.78 is 19.6. The molecule has 1 atom stereocenters. The third kappa shape index (κ3) is 3.38. The molecule has 0 aromatic heterocycles. The van der Waals surface area contributed by atoms with Gasteiger partial charge in [0, 0.05) is 10.6 Å². The smallest absolute Gasteiger partial charge is 0.341 e. The van der Waals surface area contributed by atoms with Crippen LogP contribution in [0.15, 0.2) is 41.2 Å². The zero-order valence-corrected chi connectivity index (χ0v) is 15.2. The summed E-state index contributed by atoms with van der Waals surface area (Å²) in [6.07, 6.45) is 1.65. The maximum atomic E-state index is 14.0. The van der Waals surface area contributed by atoms with Gasteiger partial charge in [0.25, 0.3) is 0 Å². The molecule has 2 rings (SSSR count). The number of carbonyl (C=O) groups excluding carboxylic acids is 1. The van der Waals surface area contributed by atoms with E-state index in [1.54, 1.807) is 30.2 Å². The number of hydrogen-bond acceptors (Lipinski definition) is 4. The number of hydrogen-bond donors (Lipinski definition) is 1. The van der Waals surface area contributed by atoms with E-state index in [0.29, 0.717) is 11.4 Å². The summed E-state index contributed by atoms with van der Waals surface area (Å²) in [5, 5.41) is 2.94. The first kappa shape index (κ1) is 17.1. The summed E-state index contributed by atoms with van der Waals surface area (Å²) in [4.78, 5) is 13.6. The fourth-order valence-corrected chi connectivity index (χ4v) is 2.73. The molecule has 1 aromatic rings. The molecule has 0 fully saturated rings. The molecule has 0 saturated carbocycles. The Bertz CT molecular complexity index is 676. The topological polar surface area (TPSA) is 41.6 Å². The van der Waals surface area contributed by atoms with Crippen LogP contribution in [0.3, 0.4) is 0 Å². The van der Waals surface area contributed by atoms with Gasteiger partial charge in [-0.15, -0.1) is 0 Å². The molecule has 0 amide bonds. The normalized spacial score (nSPS) is 18.2. The highest BCUT2D eigenvalue weighted by Crippen LogP contribution is 2.30. The molecule has 1 unspecified atom stereocenters. The zero-order chi connectivity index (χ0) is 16.4. The number of nitrogens with zero attached hydrogens (tertiary/aromatic N) is 1. The first-order valence-corrected chi connectivity index (χ1v) is 7.96. The van der Waals surface area contributed by atoms with Gasteiger partial charge in [-0.2, -0.15) is 0 Å². The fraction of sp³-hybridized carbons (Fsp3) is 0.267. The van der Waals surface area contributed by atoms with Crippen molar-refractivity contribution >= 4 is 45.8 Å². The number of alkyl halides is 1. The second-order valence-electron chi connectivity index (χ2n) is 4.84. The van der Waals surface area contributed by atoms with E-state index < -0.39 is 17.3 Å². The predicted molar refractivity (Wildman–Crippen MR) is 92.9 cm³/mol. The number of methoxy groups -OCH3 is 1. The van der Waals surface area contributed by atoms with Crippen molar-refractivity contribution in [1.29, 1.82) is 0 Å². The first-order chi connectivity index (χ1) is 10.3. The first-order valence-electron chi connectivity index (χ1n) is 6.45. The van der Waals surface area contributed by atoms with Crippen molar-refractivity contribution < 1.29 is 13.9 Å². The monoisotopic (exact) mass is 436 g/mol. The lowest BCUT2D eigenvalue weighted by atomic mass is 10.1. The van der Waals surface area contributed by atoms with Crippen molar-refractivity contribution in [3.05, 3.63) is 50.6 Å². The van der Waals surface area contributed by atoms with E-state index in [0.717, 1.165) is 9.14 Å². The van der Waals surface area contributed by atoms with Gasteiger partial charge in [0.05, 0.1) is 12.8 Å². The molecule has 0 spiro atoms. The van der Waals surface area contributed by atoms with Crippen LogP contribution in [0, 0.1) is 9.39 Å². The minimum atomic E-state index is -0.511. The van der Waals surface area contributed by atoms with Gasteiger partial charge in [-0.3, -0.25) is 0 Å². The van der Waals surface area contributed by atoms with Crippen LogP contribution in [-0.2, 0) is 9.53 Å². The largest absolute Gasteiger partial charge is 0.465 e. The van der Waals surface area contributed by atoms with Crippen LogP contribution >= 0.6 is 34.2 Å². The average Bonchev–Trinajstić information content (AvgIpc) is 2.49. The van der Waals surface area contributed by atoms with Crippen molar-refractivity contribution in [3.63, 3.8) is 0 Å². The van der Waals surface area contributed by atoms with Crippen molar-refractivity contribution in [2.24, 2.45) is 0 Å². The predicted octanol–water partition coefficient (Wildman–Crippen LogP) is 3.68. The van der Waals surface area contributed by atoms with Crippen LogP contribution < -0.4 is 5.32 Å². The third-order valence-corrected chi connectivity index (χ3v) is 4.59. The molecular weight excluding hydrogens is 422 g/mol. The molecule has 7 heteroatoms. The Morgan fingerprint density at radius 2 is 2.18 bits per heavy atom. The molecule has 1 heterocycles. The Hall–Kier alpha value is -1.28. The van der Waals surface area contributed by atoms with E-state index in [2.05, 4.69) is 5.32 Å². The number of halogens is 3. The Balaban J connectivity index is 2.48. The molecule has 0 aliphatic carbocycles. The molecule has 0 bridgehead atoms. The Labute approximate surface area is 147 Å². The van der Waals surface area contributed by atoms with Gasteiger partial charge in [-0.25, -0.2) is 9.18 Å². The number of anilines is 1. The molecule has 1 aliphatic rings. The second-order valence-corrected chi connectivity index (χ2v) is 6.50. The molecule has 0 saturated heterocycles. The molecule has 4 nitrogen and oxygen atoms in total. The van der Waals surface area contributed by atoms with Crippen LogP contribution in [0.5, 0.6) is 0 Å². The number of benzene rings is 1. The SMILES string of the molecule is COC(=O)C1=C(Nc2ccc(I)cc2F)N(C)C(Cl)C(C)=C1. The highest BCUT2D eigenvalue weighted by Gasteiger charge is 2.28. The zero-order valence-electron chi connectivity index (χ0n) is 12.3. The van der Waals surface area contributed by atoms with Gasteiger partial charge in [0.15, 0.2) is 0 Å². The van der Waals surface area contributed by atoms with E-state index in [-0.39, 0.29) is 5.69 Å². The Kier molecular flexibility index (Phi) is 5.33. The van der Waals surface area contributed by atoms with E-state index in [1.165, 1.54) is 13.2 Å². The van der Waals surface area contributed by atoms with Crippen LogP contribution in [0.25, 0.3) is 0 Å². The van der Waals surface area contributed by atoms with Gasteiger partial charge in [-0.05, 0) is 59.4 Å². The molecule has 22 heavy (non-hydrogen) atoms. The molecule has 1 aliphatic heterocycles. The molecule has 0 radical (unpaired) electrons. The lowest BCUT2D eigenvalue weighted by molar-refractivity contribution is -0.135. The quantitative estimate of drug-likeness (QED) is 0.340. The van der Waals surface area contributed by atoms with Crippen molar-refractivity contribution in [3.8, 4) is 0 Å². The lowest BCUT2D eigenvalue weighted by Crippen LogP contribution is -2.36. The lowest BCUT2D eigenvalue weighted by Gasteiger charge is -2.33. The van der Waals surface area contributed by atoms with Crippen molar-refractivity contribution in [2.45, 2.75) is 12.4 Å². The van der Waals surface area contributed by atoms with E-state index in [4.69, 9.17) is 16.3 Å². The van der Waals surface area contributed by atoms with Gasteiger partial charge in [-0.1, -0.05) is 11.6 Å². The fourth-order valence-electron chi connectivity index (χ4n) is 2.11. The van der Waals surface area contributed by atoms with Gasteiger partial charge in [0.2, 0.25) is 0 Å². The van der Waals surface area contributed by atoms with E-state index in [1.807, 2.05) is 29.5 Å². The van der Waals surface area contributed by atoms with Crippen LogP contribution in [0.1, 0.15) is 6.92 Å². The molecular formula is C15H15ClFIN2O2. The van der Waals surface area contributed by atoms with Gasteiger partial charge in [0.1, 0.15) is 22.7 Å². The van der Waals surface area contributed by atoms with E-state index >= 15 is 0 Å². The molecule has 1 aromatic carbocycles. The highest BCUT2D eigenvalue weighted by molar-refractivity contribution is 14.1. The maximum absolute atomic E-state index is 14.0. The Morgan fingerprint density at radius 3 is 2.77 bits per heavy atom. The Morgan fingerprint density at radius 1 is 1.50 bits per heavy atom.